The summed E-state index contributed by atoms with van der Waals surface area (Å²) in [5.74, 6) is 0.331. The van der Waals surface area contributed by atoms with Crippen LogP contribution in [0.2, 0.25) is 0 Å². The highest BCUT2D eigenvalue weighted by Gasteiger charge is 2.30. The van der Waals surface area contributed by atoms with E-state index in [1.54, 1.807) is 11.0 Å². The lowest BCUT2D eigenvalue weighted by Crippen LogP contribution is -2.31. The summed E-state index contributed by atoms with van der Waals surface area (Å²) in [6, 6.07) is 11.5. The Morgan fingerprint density at radius 3 is 2.80 bits per heavy atom. The third-order valence-electron chi connectivity index (χ3n) is 4.49. The number of carbonyl (C=O) groups excluding carboxylic acids is 1. The first-order chi connectivity index (χ1) is 12.2. The zero-order valence-electron chi connectivity index (χ0n) is 14.1. The molecule has 0 atom stereocenters. The summed E-state index contributed by atoms with van der Waals surface area (Å²) in [5.41, 5.74) is 3.46. The highest BCUT2D eigenvalue weighted by molar-refractivity contribution is 6.13. The Hall–Kier alpha value is -2.95. The maximum atomic E-state index is 13.4. The molecule has 0 bridgehead atoms. The van der Waals surface area contributed by atoms with Crippen molar-refractivity contribution in [2.45, 2.75) is 25.7 Å². The predicted molar refractivity (Wildman–Crippen MR) is 96.8 cm³/mol. The fraction of sp³-hybridized carbons (Fsp3) is 0.250. The molecule has 1 saturated carbocycles. The summed E-state index contributed by atoms with van der Waals surface area (Å²) >= 11 is 0. The van der Waals surface area contributed by atoms with Crippen LogP contribution in [0.4, 0.5) is 5.69 Å². The van der Waals surface area contributed by atoms with Crippen LogP contribution in [0, 0.1) is 6.92 Å². The molecule has 3 aromatic rings. The van der Waals surface area contributed by atoms with Crippen LogP contribution in [0.3, 0.4) is 0 Å². The summed E-state index contributed by atoms with van der Waals surface area (Å²) in [5, 5.41) is 4.70. The Kier molecular flexibility index (Phi) is 3.84. The van der Waals surface area contributed by atoms with Gasteiger partial charge in [0.05, 0.1) is 16.6 Å². The van der Waals surface area contributed by atoms with Gasteiger partial charge in [0, 0.05) is 23.8 Å². The van der Waals surface area contributed by atoms with Gasteiger partial charge in [0.2, 0.25) is 0 Å². The molecule has 0 N–H and O–H groups in total. The van der Waals surface area contributed by atoms with Gasteiger partial charge in [-0.2, -0.15) is 0 Å². The number of anilines is 1. The number of benzene rings is 1. The van der Waals surface area contributed by atoms with Crippen molar-refractivity contribution in [2.24, 2.45) is 0 Å². The number of hydrogen-bond acceptors (Lipinski definition) is 4. The molecule has 126 valence electrons. The number of pyridine rings is 1. The van der Waals surface area contributed by atoms with Crippen molar-refractivity contribution >= 4 is 22.7 Å². The monoisotopic (exact) mass is 333 g/mol. The zero-order chi connectivity index (χ0) is 17.4. The van der Waals surface area contributed by atoms with Gasteiger partial charge >= 0.3 is 0 Å². The summed E-state index contributed by atoms with van der Waals surface area (Å²) in [6.45, 7) is 6.05. The van der Waals surface area contributed by atoms with E-state index < -0.39 is 0 Å². The van der Waals surface area contributed by atoms with Gasteiger partial charge in [0.1, 0.15) is 0 Å². The lowest BCUT2D eigenvalue weighted by atomic mass is 10.1. The smallest absolute Gasteiger partial charge is 0.259 e. The Balaban J connectivity index is 1.85. The quantitative estimate of drug-likeness (QED) is 0.655. The molecular formula is C20H19N3O2. The highest BCUT2D eigenvalue weighted by atomic mass is 16.5. The summed E-state index contributed by atoms with van der Waals surface area (Å²) in [7, 11) is 0. The van der Waals surface area contributed by atoms with Crippen molar-refractivity contribution in [2.75, 3.05) is 11.4 Å². The number of rotatable bonds is 5. The molecular weight excluding hydrogens is 314 g/mol. The van der Waals surface area contributed by atoms with Crippen molar-refractivity contribution in [3.8, 4) is 0 Å². The number of para-hydroxylation sites is 1. The highest BCUT2D eigenvalue weighted by Crippen LogP contribution is 2.40. The van der Waals surface area contributed by atoms with Crippen molar-refractivity contribution in [3.05, 3.63) is 66.0 Å². The van der Waals surface area contributed by atoms with Gasteiger partial charge < -0.3 is 9.42 Å². The lowest BCUT2D eigenvalue weighted by Gasteiger charge is -2.22. The molecule has 2 aromatic heterocycles. The molecule has 0 radical (unpaired) electrons. The van der Waals surface area contributed by atoms with E-state index >= 15 is 0 Å². The predicted octanol–water partition coefficient (Wildman–Crippen LogP) is 4.24. The first-order valence-electron chi connectivity index (χ1n) is 8.43. The van der Waals surface area contributed by atoms with E-state index in [-0.39, 0.29) is 5.91 Å². The van der Waals surface area contributed by atoms with E-state index in [9.17, 15) is 4.79 Å². The van der Waals surface area contributed by atoms with E-state index in [2.05, 4.69) is 16.7 Å². The number of carbonyl (C=O) groups is 1. The van der Waals surface area contributed by atoms with Gasteiger partial charge in [-0.1, -0.05) is 29.4 Å². The van der Waals surface area contributed by atoms with Crippen molar-refractivity contribution in [1.29, 1.82) is 0 Å². The largest absolute Gasteiger partial charge is 0.336 e. The van der Waals surface area contributed by atoms with Gasteiger partial charge in [-0.25, -0.2) is 4.98 Å². The Morgan fingerprint density at radius 1 is 1.36 bits per heavy atom. The number of amides is 1. The van der Waals surface area contributed by atoms with Crippen LogP contribution in [0.15, 0.2) is 53.6 Å². The van der Waals surface area contributed by atoms with Gasteiger partial charge in [0.15, 0.2) is 0 Å². The molecule has 0 unspecified atom stereocenters. The second kappa shape index (κ2) is 6.16. The standard InChI is InChI=1S/C20H19N3O2/c1-3-11-23(15-7-5-4-6-8-15)20(24)16-12-17(14-9-10-14)21-19-18(16)13(2)22-25-19/h3-8,12,14H,1,9-11H2,2H3. The fourth-order valence-corrected chi connectivity index (χ4v) is 3.06. The van der Waals surface area contributed by atoms with Crippen LogP contribution in [0.5, 0.6) is 0 Å². The molecule has 1 aliphatic carbocycles. The third-order valence-corrected chi connectivity index (χ3v) is 4.49. The van der Waals surface area contributed by atoms with Gasteiger partial charge in [-0.05, 0) is 38.0 Å². The van der Waals surface area contributed by atoms with Crippen molar-refractivity contribution in [3.63, 3.8) is 0 Å². The van der Waals surface area contributed by atoms with Crippen LogP contribution in [0.1, 0.15) is 40.5 Å². The first-order valence-corrected chi connectivity index (χ1v) is 8.43. The van der Waals surface area contributed by atoms with Gasteiger partial charge in [-0.15, -0.1) is 6.58 Å². The molecule has 25 heavy (non-hydrogen) atoms. The Labute approximate surface area is 146 Å². The SMILES string of the molecule is C=CCN(C(=O)c1cc(C2CC2)nc2onc(C)c12)c1ccccc1. The molecule has 1 aliphatic rings. The molecule has 2 heterocycles. The van der Waals surface area contributed by atoms with Crippen molar-refractivity contribution < 1.29 is 9.32 Å². The Morgan fingerprint density at radius 2 is 2.12 bits per heavy atom. The average molecular weight is 333 g/mol. The van der Waals surface area contributed by atoms with E-state index in [1.165, 1.54) is 0 Å². The van der Waals surface area contributed by atoms with Crippen LogP contribution >= 0.6 is 0 Å². The molecule has 5 heteroatoms. The van der Waals surface area contributed by atoms with E-state index in [1.807, 2.05) is 43.3 Å². The minimum Gasteiger partial charge on any atom is -0.336 e. The minimum atomic E-state index is -0.0910. The van der Waals surface area contributed by atoms with Crippen molar-refractivity contribution in [1.82, 2.24) is 10.1 Å². The summed E-state index contributed by atoms with van der Waals surface area (Å²) in [4.78, 5) is 19.6. The third kappa shape index (κ3) is 2.82. The number of aromatic nitrogens is 2. The van der Waals surface area contributed by atoms with Crippen LogP contribution in [-0.4, -0.2) is 22.6 Å². The second-order valence-corrected chi connectivity index (χ2v) is 6.36. The molecule has 1 fully saturated rings. The minimum absolute atomic E-state index is 0.0910. The van der Waals surface area contributed by atoms with E-state index in [4.69, 9.17) is 4.52 Å². The molecule has 0 aliphatic heterocycles. The van der Waals surface area contributed by atoms with E-state index in [0.29, 0.717) is 34.8 Å². The summed E-state index contributed by atoms with van der Waals surface area (Å²) in [6.07, 6.45) is 3.94. The number of fused-ring (bicyclic) bond motifs is 1. The molecule has 0 spiro atoms. The molecule has 5 nitrogen and oxygen atoms in total. The van der Waals surface area contributed by atoms with Crippen LogP contribution in [0.25, 0.3) is 11.1 Å². The fourth-order valence-electron chi connectivity index (χ4n) is 3.06. The average Bonchev–Trinajstić information content (AvgIpc) is 3.43. The maximum absolute atomic E-state index is 13.4. The van der Waals surface area contributed by atoms with Crippen LogP contribution in [-0.2, 0) is 0 Å². The molecule has 1 amide bonds. The topological polar surface area (TPSA) is 59.2 Å². The molecule has 4 rings (SSSR count). The summed E-state index contributed by atoms with van der Waals surface area (Å²) < 4.78 is 5.35. The number of nitrogens with zero attached hydrogens (tertiary/aromatic N) is 3. The normalized spacial score (nSPS) is 13.8. The van der Waals surface area contributed by atoms with Gasteiger partial charge in [-0.3, -0.25) is 4.79 Å². The Bertz CT molecular complexity index is 942. The maximum Gasteiger partial charge on any atom is 0.259 e. The van der Waals surface area contributed by atoms with Crippen LogP contribution < -0.4 is 4.90 Å². The number of aryl methyl sites for hydroxylation is 1. The first kappa shape index (κ1) is 15.6. The number of hydrogen-bond donors (Lipinski definition) is 0. The van der Waals surface area contributed by atoms with E-state index in [0.717, 1.165) is 24.2 Å². The second-order valence-electron chi connectivity index (χ2n) is 6.36. The van der Waals surface area contributed by atoms with Gasteiger partial charge in [0.25, 0.3) is 11.6 Å². The zero-order valence-corrected chi connectivity index (χ0v) is 14.1. The lowest BCUT2D eigenvalue weighted by molar-refractivity contribution is 0.0991. The molecule has 1 aromatic carbocycles. The molecule has 0 saturated heterocycles.